The molecule has 0 aliphatic rings. The molecule has 1 amide bonds. The van der Waals surface area contributed by atoms with Gasteiger partial charge in [0.25, 0.3) is 0 Å². The molecule has 17 heavy (non-hydrogen) atoms. The van der Waals surface area contributed by atoms with Gasteiger partial charge in [-0.25, -0.2) is 5.84 Å². The third kappa shape index (κ3) is 3.25. The highest BCUT2D eigenvalue weighted by Gasteiger charge is 2.15. The summed E-state index contributed by atoms with van der Waals surface area (Å²) in [6.45, 7) is 0. The van der Waals surface area contributed by atoms with Crippen molar-refractivity contribution in [1.29, 1.82) is 0 Å². The summed E-state index contributed by atoms with van der Waals surface area (Å²) >= 11 is 11.4. The van der Waals surface area contributed by atoms with Crippen LogP contribution in [0.4, 0.5) is 5.69 Å². The lowest BCUT2D eigenvalue weighted by molar-refractivity contribution is -0.107. The van der Waals surface area contributed by atoms with Crippen molar-refractivity contribution in [3.05, 3.63) is 23.3 Å². The van der Waals surface area contributed by atoms with Crippen molar-refractivity contribution in [2.75, 3.05) is 16.8 Å². The van der Waals surface area contributed by atoms with Gasteiger partial charge in [0.2, 0.25) is 6.41 Å². The van der Waals surface area contributed by atoms with Crippen molar-refractivity contribution in [3.8, 4) is 5.75 Å². The average Bonchev–Trinajstić information content (AvgIpc) is 2.33. The van der Waals surface area contributed by atoms with Crippen molar-refractivity contribution in [2.45, 2.75) is 12.8 Å². The molecule has 0 bridgehead atoms. The van der Waals surface area contributed by atoms with E-state index in [9.17, 15) is 9.90 Å². The highest BCUT2D eigenvalue weighted by atomic mass is 35.5. The van der Waals surface area contributed by atoms with E-state index in [1.807, 2.05) is 0 Å². The van der Waals surface area contributed by atoms with Gasteiger partial charge in [0, 0.05) is 17.3 Å². The maximum Gasteiger partial charge on any atom is 0.228 e. The van der Waals surface area contributed by atoms with E-state index in [1.165, 1.54) is 6.07 Å². The van der Waals surface area contributed by atoms with E-state index in [-0.39, 0.29) is 5.75 Å². The Morgan fingerprint density at radius 2 is 1.82 bits per heavy atom. The van der Waals surface area contributed by atoms with Crippen LogP contribution in [0.3, 0.4) is 0 Å². The van der Waals surface area contributed by atoms with Crippen LogP contribution in [0.25, 0.3) is 0 Å². The first kappa shape index (κ1) is 14.1. The maximum absolute atomic E-state index is 10.7. The van der Waals surface area contributed by atoms with Gasteiger partial charge in [-0.1, -0.05) is 0 Å². The standard InChI is InChI=1S/C11H14Cl2N2O2/c12-5-3-8-9(4-6-13)11(17)2-1-10(8)15(14)7-16/h1-2,7,17H,3-6,14H2. The number of phenols is 1. The molecule has 1 aromatic carbocycles. The Balaban J connectivity index is 3.29. The van der Waals surface area contributed by atoms with E-state index in [2.05, 4.69) is 0 Å². The van der Waals surface area contributed by atoms with Crippen LogP contribution in [0.5, 0.6) is 5.75 Å². The molecular weight excluding hydrogens is 263 g/mol. The largest absolute Gasteiger partial charge is 0.508 e. The van der Waals surface area contributed by atoms with Crippen LogP contribution in [0.2, 0.25) is 0 Å². The van der Waals surface area contributed by atoms with Crippen LogP contribution in [0.15, 0.2) is 12.1 Å². The number of halogens is 2. The molecule has 4 nitrogen and oxygen atoms in total. The molecule has 0 saturated heterocycles. The molecule has 1 rings (SSSR count). The zero-order valence-corrected chi connectivity index (χ0v) is 10.7. The highest BCUT2D eigenvalue weighted by molar-refractivity contribution is 6.18. The second kappa shape index (κ2) is 6.69. The summed E-state index contributed by atoms with van der Waals surface area (Å²) in [5, 5.41) is 10.7. The minimum Gasteiger partial charge on any atom is -0.508 e. The Morgan fingerprint density at radius 1 is 1.24 bits per heavy atom. The molecule has 0 fully saturated rings. The number of carbonyl (C=O) groups is 1. The van der Waals surface area contributed by atoms with Crippen molar-refractivity contribution < 1.29 is 9.90 Å². The van der Waals surface area contributed by atoms with Gasteiger partial charge >= 0.3 is 0 Å². The minimum atomic E-state index is 0.147. The number of rotatable bonds is 6. The monoisotopic (exact) mass is 276 g/mol. The third-order valence-electron chi connectivity index (χ3n) is 2.46. The molecule has 0 radical (unpaired) electrons. The molecule has 0 aliphatic carbocycles. The lowest BCUT2D eigenvalue weighted by Crippen LogP contribution is -2.30. The number of nitrogens with two attached hydrogens (primary N) is 1. The van der Waals surface area contributed by atoms with E-state index in [1.54, 1.807) is 6.07 Å². The minimum absolute atomic E-state index is 0.147. The molecule has 0 heterocycles. The second-order valence-electron chi connectivity index (χ2n) is 3.45. The summed E-state index contributed by atoms with van der Waals surface area (Å²) in [6, 6.07) is 3.08. The number of phenolic OH excluding ortho intramolecular Hbond substituents is 1. The molecule has 3 N–H and O–H groups in total. The van der Waals surface area contributed by atoms with Crippen LogP contribution in [0.1, 0.15) is 11.1 Å². The molecule has 1 aromatic rings. The zero-order valence-electron chi connectivity index (χ0n) is 9.20. The Labute approximate surface area is 110 Å². The van der Waals surface area contributed by atoms with E-state index in [0.29, 0.717) is 42.3 Å². The molecule has 6 heteroatoms. The van der Waals surface area contributed by atoms with Gasteiger partial charge in [-0.15, -0.1) is 23.2 Å². The number of hydrogen-bond donors (Lipinski definition) is 2. The fourth-order valence-corrected chi connectivity index (χ4v) is 2.09. The predicted molar refractivity (Wildman–Crippen MR) is 69.7 cm³/mol. The van der Waals surface area contributed by atoms with Crippen LogP contribution in [-0.2, 0) is 17.6 Å². The maximum atomic E-state index is 10.7. The molecular formula is C11H14Cl2N2O2. The first-order chi connectivity index (χ1) is 8.15. The summed E-state index contributed by atoms with van der Waals surface area (Å²) < 4.78 is 0. The van der Waals surface area contributed by atoms with Crippen LogP contribution in [0, 0.1) is 0 Å². The van der Waals surface area contributed by atoms with Crippen LogP contribution < -0.4 is 10.9 Å². The van der Waals surface area contributed by atoms with E-state index in [4.69, 9.17) is 29.0 Å². The lowest BCUT2D eigenvalue weighted by atomic mass is 9.99. The zero-order chi connectivity index (χ0) is 12.8. The van der Waals surface area contributed by atoms with Crippen molar-refractivity contribution in [1.82, 2.24) is 0 Å². The number of anilines is 1. The van der Waals surface area contributed by atoms with Crippen LogP contribution >= 0.6 is 23.2 Å². The van der Waals surface area contributed by atoms with Gasteiger partial charge in [-0.05, 0) is 30.5 Å². The fraction of sp³-hybridized carbons (Fsp3) is 0.364. The van der Waals surface area contributed by atoms with E-state index < -0.39 is 0 Å². The van der Waals surface area contributed by atoms with Crippen LogP contribution in [-0.4, -0.2) is 23.3 Å². The Bertz CT molecular complexity index is 399. The number of hydrazine groups is 1. The topological polar surface area (TPSA) is 66.6 Å². The number of aromatic hydroxyl groups is 1. The number of amides is 1. The van der Waals surface area contributed by atoms with Crippen molar-refractivity contribution in [3.63, 3.8) is 0 Å². The first-order valence-electron chi connectivity index (χ1n) is 5.10. The van der Waals surface area contributed by atoms with Gasteiger partial charge in [-0.3, -0.25) is 9.80 Å². The molecule has 0 atom stereocenters. The van der Waals surface area contributed by atoms with Gasteiger partial charge < -0.3 is 5.11 Å². The Kier molecular flexibility index (Phi) is 5.55. The Morgan fingerprint density at radius 3 is 2.35 bits per heavy atom. The number of alkyl halides is 2. The second-order valence-corrected chi connectivity index (χ2v) is 4.21. The Hall–Kier alpha value is -0.970. The number of hydrogen-bond acceptors (Lipinski definition) is 3. The summed E-state index contributed by atoms with van der Waals surface area (Å²) in [5.41, 5.74) is 1.99. The van der Waals surface area contributed by atoms with Crippen molar-refractivity contribution >= 4 is 35.3 Å². The molecule has 94 valence electrons. The molecule has 0 unspecified atom stereocenters. The quantitative estimate of drug-likeness (QED) is 0.274. The normalized spacial score (nSPS) is 10.3. The van der Waals surface area contributed by atoms with Crippen molar-refractivity contribution in [2.24, 2.45) is 5.84 Å². The summed E-state index contributed by atoms with van der Waals surface area (Å²) in [5.74, 6) is 6.44. The smallest absolute Gasteiger partial charge is 0.228 e. The first-order valence-corrected chi connectivity index (χ1v) is 6.17. The van der Waals surface area contributed by atoms with E-state index >= 15 is 0 Å². The third-order valence-corrected chi connectivity index (χ3v) is 2.84. The summed E-state index contributed by atoms with van der Waals surface area (Å²) in [4.78, 5) is 10.7. The molecule has 0 spiro atoms. The number of carbonyl (C=O) groups excluding carboxylic acids is 1. The summed E-state index contributed by atoms with van der Waals surface area (Å²) in [7, 11) is 0. The fourth-order valence-electron chi connectivity index (χ4n) is 1.71. The molecule has 0 aliphatic heterocycles. The van der Waals surface area contributed by atoms with Gasteiger partial charge in [-0.2, -0.15) is 0 Å². The van der Waals surface area contributed by atoms with E-state index in [0.717, 1.165) is 10.6 Å². The lowest BCUT2D eigenvalue weighted by Gasteiger charge is -2.19. The van der Waals surface area contributed by atoms with Gasteiger partial charge in [0.15, 0.2) is 0 Å². The number of nitrogens with zero attached hydrogens (tertiary/aromatic N) is 1. The highest BCUT2D eigenvalue weighted by Crippen LogP contribution is 2.30. The SMILES string of the molecule is NN(C=O)c1ccc(O)c(CCCl)c1CCCl. The van der Waals surface area contributed by atoms with Gasteiger partial charge in [0.1, 0.15) is 5.75 Å². The molecule has 0 saturated carbocycles. The molecule has 0 aromatic heterocycles. The predicted octanol–water partition coefficient (Wildman–Crippen LogP) is 1.79. The van der Waals surface area contributed by atoms with Gasteiger partial charge in [0.05, 0.1) is 5.69 Å². The number of benzene rings is 1. The summed E-state index contributed by atoms with van der Waals surface area (Å²) in [6.07, 6.45) is 1.52. The average molecular weight is 277 g/mol.